The molecule has 10 heteroatoms. The molecule has 0 unspecified atom stereocenters. The van der Waals surface area contributed by atoms with Gasteiger partial charge in [0, 0.05) is 42.7 Å². The number of nitrogens with zero attached hydrogens (tertiary/aromatic N) is 3. The Balaban J connectivity index is 1.41. The van der Waals surface area contributed by atoms with E-state index in [1.807, 2.05) is 31.1 Å². The van der Waals surface area contributed by atoms with Crippen molar-refractivity contribution >= 4 is 22.6 Å². The number of aliphatic hydroxyl groups is 1. The molecule has 7 nitrogen and oxygen atoms in total. The van der Waals surface area contributed by atoms with E-state index in [2.05, 4.69) is 9.88 Å². The van der Waals surface area contributed by atoms with Gasteiger partial charge in [0.25, 0.3) is 0 Å². The highest BCUT2D eigenvalue weighted by molar-refractivity contribution is 5.88. The molecule has 1 fully saturated rings. The third kappa shape index (κ3) is 6.33. The fraction of sp³-hybridized carbons (Fsp3) is 0.467. The second-order valence-corrected chi connectivity index (χ2v) is 10.8. The van der Waals surface area contributed by atoms with Gasteiger partial charge in [0.15, 0.2) is 0 Å². The maximum Gasteiger partial charge on any atom is 0.309 e. The second-order valence-electron chi connectivity index (χ2n) is 10.8. The lowest BCUT2D eigenvalue weighted by Gasteiger charge is -2.39. The number of carboxylic acids is 1. The van der Waals surface area contributed by atoms with E-state index in [9.17, 15) is 28.2 Å². The topological polar surface area (TPSA) is 86.1 Å². The number of ether oxygens (including phenoxy) is 1. The van der Waals surface area contributed by atoms with E-state index in [1.165, 1.54) is 0 Å². The molecule has 0 radical (unpaired) electrons. The van der Waals surface area contributed by atoms with Gasteiger partial charge in [0.2, 0.25) is 0 Å². The van der Waals surface area contributed by atoms with Crippen LogP contribution in [0.25, 0.3) is 10.9 Å². The number of aliphatic carboxylic acids is 1. The first-order valence-electron chi connectivity index (χ1n) is 13.5. The molecule has 4 rings (SSSR count). The molecule has 1 atom stereocenters. The summed E-state index contributed by atoms with van der Waals surface area (Å²) in [5.41, 5.74) is 1.03. The van der Waals surface area contributed by atoms with E-state index >= 15 is 0 Å². The smallest absolute Gasteiger partial charge is 0.309 e. The normalized spacial score (nSPS) is 16.2. The van der Waals surface area contributed by atoms with E-state index in [0.717, 1.165) is 11.1 Å². The van der Waals surface area contributed by atoms with Gasteiger partial charge in [-0.2, -0.15) is 0 Å². The lowest BCUT2D eigenvalue weighted by Crippen LogP contribution is -2.44. The maximum atomic E-state index is 13.9. The fourth-order valence-electron chi connectivity index (χ4n) is 5.64. The van der Waals surface area contributed by atoms with Crippen LogP contribution in [0, 0.1) is 22.9 Å². The summed E-state index contributed by atoms with van der Waals surface area (Å²) in [6.07, 6.45) is 2.75. The van der Waals surface area contributed by atoms with Crippen molar-refractivity contribution in [1.82, 2.24) is 9.88 Å². The average molecular weight is 560 g/mol. The minimum Gasteiger partial charge on any atom is -0.497 e. The number of carboxylic acid groups (broad SMARTS) is 1. The fourth-order valence-corrected chi connectivity index (χ4v) is 5.64. The summed E-state index contributed by atoms with van der Waals surface area (Å²) in [5, 5.41) is 22.4. The van der Waals surface area contributed by atoms with Crippen molar-refractivity contribution in [2.24, 2.45) is 5.41 Å². The van der Waals surface area contributed by atoms with Crippen LogP contribution in [0.2, 0.25) is 0 Å². The maximum absolute atomic E-state index is 13.9. The number of rotatable bonds is 11. The molecule has 0 spiro atoms. The zero-order valence-electron chi connectivity index (χ0n) is 23.1. The van der Waals surface area contributed by atoms with Crippen LogP contribution in [0.3, 0.4) is 0 Å². The van der Waals surface area contributed by atoms with Crippen LogP contribution in [0.5, 0.6) is 5.75 Å². The Morgan fingerprint density at radius 1 is 1.15 bits per heavy atom. The number of hydrogen-bond donors (Lipinski definition) is 2. The van der Waals surface area contributed by atoms with E-state index in [4.69, 9.17) is 4.74 Å². The van der Waals surface area contributed by atoms with Gasteiger partial charge in [-0.1, -0.05) is 0 Å². The van der Waals surface area contributed by atoms with E-state index in [-0.39, 0.29) is 18.4 Å². The van der Waals surface area contributed by atoms with Gasteiger partial charge in [-0.25, -0.2) is 13.2 Å². The molecule has 0 aliphatic carbocycles. The minimum absolute atomic E-state index is 0.129. The Labute approximate surface area is 232 Å². The van der Waals surface area contributed by atoms with Crippen molar-refractivity contribution in [3.63, 3.8) is 0 Å². The number of pyridine rings is 1. The number of halogens is 3. The third-order valence-electron chi connectivity index (χ3n) is 8.08. The van der Waals surface area contributed by atoms with Crippen LogP contribution in [0.15, 0.2) is 36.5 Å². The summed E-state index contributed by atoms with van der Waals surface area (Å²) >= 11 is 0. The number of methoxy groups -OCH3 is 1. The number of aliphatic hydroxyl groups excluding tert-OH is 1. The number of anilines is 1. The average Bonchev–Trinajstić information content (AvgIpc) is 2.92. The van der Waals surface area contributed by atoms with Crippen LogP contribution in [0.1, 0.15) is 49.3 Å². The number of piperidine rings is 1. The molecular formula is C30H36F3N3O4. The summed E-state index contributed by atoms with van der Waals surface area (Å²) in [6, 6.07) is 6.84. The Bertz CT molecular complexity index is 1340. The Kier molecular flexibility index (Phi) is 9.20. The van der Waals surface area contributed by atoms with Gasteiger partial charge in [-0.3, -0.25) is 9.78 Å². The van der Waals surface area contributed by atoms with Gasteiger partial charge in [-0.15, -0.1) is 0 Å². The van der Waals surface area contributed by atoms with Gasteiger partial charge >= 0.3 is 5.97 Å². The molecule has 0 amide bonds. The molecule has 3 aromatic rings. The van der Waals surface area contributed by atoms with Crippen molar-refractivity contribution in [3.8, 4) is 5.75 Å². The van der Waals surface area contributed by atoms with Crippen molar-refractivity contribution in [2.45, 2.75) is 44.6 Å². The number of hydrogen-bond acceptors (Lipinski definition) is 6. The quantitative estimate of drug-likeness (QED) is 0.328. The van der Waals surface area contributed by atoms with Crippen LogP contribution >= 0.6 is 0 Å². The molecule has 2 N–H and O–H groups in total. The molecule has 40 heavy (non-hydrogen) atoms. The summed E-state index contributed by atoms with van der Waals surface area (Å²) in [7, 11) is 5.31. The van der Waals surface area contributed by atoms with Crippen molar-refractivity contribution in [2.75, 3.05) is 45.7 Å². The first-order chi connectivity index (χ1) is 19.0. The first-order valence-corrected chi connectivity index (χ1v) is 13.5. The van der Waals surface area contributed by atoms with Crippen LogP contribution in [-0.2, 0) is 11.2 Å². The second kappa shape index (κ2) is 12.4. The molecule has 216 valence electrons. The predicted octanol–water partition coefficient (Wildman–Crippen LogP) is 5.34. The van der Waals surface area contributed by atoms with Crippen LogP contribution < -0.4 is 9.64 Å². The first kappa shape index (κ1) is 29.6. The summed E-state index contributed by atoms with van der Waals surface area (Å²) in [5.74, 6) is -2.98. The van der Waals surface area contributed by atoms with Crippen molar-refractivity contribution in [1.29, 1.82) is 0 Å². The lowest BCUT2D eigenvalue weighted by molar-refractivity contribution is -0.153. The van der Waals surface area contributed by atoms with Crippen LogP contribution in [-0.4, -0.2) is 66.9 Å². The highest BCUT2D eigenvalue weighted by Gasteiger charge is 2.41. The molecule has 1 saturated heterocycles. The standard InChI is InChI=1S/C30H36F3N3O4/c1-35(2)26-18-34-25-7-6-20(40-3)17-22(25)28(26)27(37)8-9-30(29(38)39)10-13-36(14-11-30)12-4-5-21-23(32)15-19(31)16-24(21)33/h6-7,15-18,27,37H,4-5,8-14H2,1-3H3,(H,38,39)/t27-/m1/s1. The number of aromatic nitrogens is 1. The Morgan fingerprint density at radius 3 is 2.42 bits per heavy atom. The molecule has 2 aromatic carbocycles. The Hall–Kier alpha value is -3.37. The summed E-state index contributed by atoms with van der Waals surface area (Å²) < 4.78 is 46.4. The van der Waals surface area contributed by atoms with Crippen molar-refractivity contribution < 1.29 is 32.9 Å². The third-order valence-corrected chi connectivity index (χ3v) is 8.08. The van der Waals surface area contributed by atoms with E-state index in [0.29, 0.717) is 74.3 Å². The van der Waals surface area contributed by atoms with Gasteiger partial charge in [0.05, 0.1) is 36.0 Å². The van der Waals surface area contributed by atoms with Gasteiger partial charge in [0.1, 0.15) is 23.2 Å². The monoisotopic (exact) mass is 559 g/mol. The molecule has 0 saturated carbocycles. The molecule has 1 aliphatic heterocycles. The van der Waals surface area contributed by atoms with E-state index in [1.54, 1.807) is 19.4 Å². The summed E-state index contributed by atoms with van der Waals surface area (Å²) in [6.45, 7) is 1.59. The molecule has 2 heterocycles. The SMILES string of the molecule is COc1ccc2ncc(N(C)C)c([C@H](O)CCC3(C(=O)O)CCN(CCCc4c(F)cc(F)cc4F)CC3)c2c1. The Morgan fingerprint density at radius 2 is 1.82 bits per heavy atom. The number of likely N-dealkylation sites (tertiary alicyclic amines) is 1. The number of carbonyl (C=O) groups is 1. The number of benzene rings is 2. The van der Waals surface area contributed by atoms with Gasteiger partial charge < -0.3 is 24.7 Å². The highest BCUT2D eigenvalue weighted by Crippen LogP contribution is 2.41. The minimum atomic E-state index is -0.981. The zero-order valence-corrected chi connectivity index (χ0v) is 23.1. The predicted molar refractivity (Wildman–Crippen MR) is 147 cm³/mol. The highest BCUT2D eigenvalue weighted by atomic mass is 19.1. The molecule has 1 aromatic heterocycles. The number of fused-ring (bicyclic) bond motifs is 1. The van der Waals surface area contributed by atoms with Crippen LogP contribution in [0.4, 0.5) is 18.9 Å². The largest absolute Gasteiger partial charge is 0.497 e. The van der Waals surface area contributed by atoms with E-state index < -0.39 is 34.9 Å². The molecular weight excluding hydrogens is 523 g/mol. The van der Waals surface area contributed by atoms with Crippen molar-refractivity contribution in [3.05, 3.63) is 65.1 Å². The molecule has 0 bridgehead atoms. The molecule has 1 aliphatic rings. The summed E-state index contributed by atoms with van der Waals surface area (Å²) in [4.78, 5) is 20.9. The van der Waals surface area contributed by atoms with Gasteiger partial charge in [-0.05, 0) is 76.4 Å². The lowest BCUT2D eigenvalue weighted by atomic mass is 9.74. The zero-order chi connectivity index (χ0) is 29.0.